The number of guanidine groups is 1. The van der Waals surface area contributed by atoms with Crippen LogP contribution in [0.4, 0.5) is 0 Å². The molecule has 2 rings (SSSR count). The highest BCUT2D eigenvalue weighted by atomic mass is 127. The third-order valence-corrected chi connectivity index (χ3v) is 4.35. The fourth-order valence-electron chi connectivity index (χ4n) is 2.83. The van der Waals surface area contributed by atoms with Gasteiger partial charge >= 0.3 is 0 Å². The zero-order valence-electron chi connectivity index (χ0n) is 18.2. The molecule has 0 radical (unpaired) electrons. The molecule has 0 saturated carbocycles. The number of rotatable bonds is 10. The number of para-hydroxylation sites is 2. The Bertz CT molecular complexity index is 802. The molecule has 0 bridgehead atoms. The first-order valence-corrected chi connectivity index (χ1v) is 9.56. The van der Waals surface area contributed by atoms with Gasteiger partial charge in [0.15, 0.2) is 17.5 Å². The van der Waals surface area contributed by atoms with Crippen molar-refractivity contribution in [1.29, 1.82) is 0 Å². The zero-order chi connectivity index (χ0) is 21.1. The van der Waals surface area contributed by atoms with Crippen LogP contribution in [0.3, 0.4) is 0 Å². The predicted molar refractivity (Wildman–Crippen MR) is 131 cm³/mol. The summed E-state index contributed by atoms with van der Waals surface area (Å²) in [5, 5.41) is 6.59. The summed E-state index contributed by atoms with van der Waals surface area (Å²) in [4.78, 5) is 4.27. The summed E-state index contributed by atoms with van der Waals surface area (Å²) in [6.07, 6.45) is 0.706. The molecule has 0 aliphatic rings. The van der Waals surface area contributed by atoms with Gasteiger partial charge in [-0.3, -0.25) is 4.99 Å². The molecule has 0 saturated heterocycles. The van der Waals surface area contributed by atoms with Crippen molar-refractivity contribution in [3.63, 3.8) is 0 Å². The standard InChI is InChI=1S/C22H31N3O4.HI/c1-16(29-21-9-7-6-8-20(21)28-5)15-25-22(23-2)24-13-12-17-14-18(26-3)10-11-19(17)27-4;/h6-11,14,16H,12-13,15H2,1-5H3,(H2,23,24,25);1H. The van der Waals surface area contributed by atoms with E-state index in [4.69, 9.17) is 18.9 Å². The van der Waals surface area contributed by atoms with E-state index in [0.717, 1.165) is 29.2 Å². The molecule has 1 atom stereocenters. The van der Waals surface area contributed by atoms with Crippen LogP contribution >= 0.6 is 24.0 Å². The quantitative estimate of drug-likeness (QED) is 0.279. The number of nitrogens with zero attached hydrogens (tertiary/aromatic N) is 1. The lowest BCUT2D eigenvalue weighted by Crippen LogP contribution is -2.42. The molecular weight excluding hydrogens is 497 g/mol. The molecule has 2 aromatic rings. The van der Waals surface area contributed by atoms with E-state index in [1.807, 2.05) is 49.4 Å². The van der Waals surface area contributed by atoms with E-state index in [1.54, 1.807) is 28.4 Å². The van der Waals surface area contributed by atoms with Crippen LogP contribution in [-0.4, -0.2) is 53.5 Å². The fourth-order valence-corrected chi connectivity index (χ4v) is 2.83. The molecule has 7 nitrogen and oxygen atoms in total. The Kier molecular flexibility index (Phi) is 11.8. The van der Waals surface area contributed by atoms with Gasteiger partial charge in [-0.05, 0) is 49.2 Å². The van der Waals surface area contributed by atoms with Gasteiger partial charge in [0.1, 0.15) is 17.6 Å². The van der Waals surface area contributed by atoms with Crippen molar-refractivity contribution >= 4 is 29.9 Å². The highest BCUT2D eigenvalue weighted by Gasteiger charge is 2.10. The van der Waals surface area contributed by atoms with Gasteiger partial charge < -0.3 is 29.6 Å². The van der Waals surface area contributed by atoms with Gasteiger partial charge in [-0.25, -0.2) is 0 Å². The molecule has 0 amide bonds. The molecular formula is C22H32IN3O4. The summed E-state index contributed by atoms with van der Waals surface area (Å²) in [6.45, 7) is 3.29. The van der Waals surface area contributed by atoms with Crippen LogP contribution < -0.4 is 29.6 Å². The molecule has 8 heteroatoms. The first kappa shape index (κ1) is 25.7. The van der Waals surface area contributed by atoms with Crippen LogP contribution in [0.15, 0.2) is 47.5 Å². The van der Waals surface area contributed by atoms with Crippen molar-refractivity contribution in [2.24, 2.45) is 4.99 Å². The predicted octanol–water partition coefficient (Wildman–Crippen LogP) is 3.51. The van der Waals surface area contributed by atoms with E-state index in [-0.39, 0.29) is 30.1 Å². The van der Waals surface area contributed by atoms with Gasteiger partial charge in [0.25, 0.3) is 0 Å². The number of benzene rings is 2. The molecule has 166 valence electrons. The van der Waals surface area contributed by atoms with Gasteiger partial charge in [0.2, 0.25) is 0 Å². The van der Waals surface area contributed by atoms with Crippen LogP contribution in [0, 0.1) is 0 Å². The number of methoxy groups -OCH3 is 3. The molecule has 30 heavy (non-hydrogen) atoms. The number of halogens is 1. The Morgan fingerprint density at radius 1 is 0.933 bits per heavy atom. The van der Waals surface area contributed by atoms with Gasteiger partial charge in [-0.2, -0.15) is 0 Å². The van der Waals surface area contributed by atoms with Gasteiger partial charge in [0.05, 0.1) is 27.9 Å². The Morgan fingerprint density at radius 3 is 2.27 bits per heavy atom. The Morgan fingerprint density at radius 2 is 1.63 bits per heavy atom. The lowest BCUT2D eigenvalue weighted by molar-refractivity contribution is 0.213. The molecule has 2 aromatic carbocycles. The maximum absolute atomic E-state index is 5.96. The second kappa shape index (κ2) is 13.8. The smallest absolute Gasteiger partial charge is 0.191 e. The third kappa shape index (κ3) is 7.81. The van der Waals surface area contributed by atoms with E-state index in [9.17, 15) is 0 Å². The summed E-state index contributed by atoms with van der Waals surface area (Å²) in [5.74, 6) is 3.80. The molecule has 0 aromatic heterocycles. The Hall–Kier alpha value is -2.36. The molecule has 0 aliphatic heterocycles. The number of nitrogens with one attached hydrogen (secondary N) is 2. The first-order valence-electron chi connectivity index (χ1n) is 9.56. The first-order chi connectivity index (χ1) is 14.1. The van der Waals surface area contributed by atoms with Gasteiger partial charge in [0, 0.05) is 13.6 Å². The monoisotopic (exact) mass is 529 g/mol. The molecule has 0 fully saturated rings. The highest BCUT2D eigenvalue weighted by molar-refractivity contribution is 14.0. The number of hydrogen-bond donors (Lipinski definition) is 2. The molecule has 0 heterocycles. The third-order valence-electron chi connectivity index (χ3n) is 4.35. The van der Waals surface area contributed by atoms with Crippen LogP contribution in [0.25, 0.3) is 0 Å². The van der Waals surface area contributed by atoms with Crippen molar-refractivity contribution in [1.82, 2.24) is 10.6 Å². The lowest BCUT2D eigenvalue weighted by Gasteiger charge is -2.19. The average molecular weight is 529 g/mol. The van der Waals surface area contributed by atoms with Crippen LogP contribution in [0.1, 0.15) is 12.5 Å². The topological polar surface area (TPSA) is 73.3 Å². The summed E-state index contributed by atoms with van der Waals surface area (Å²) in [7, 11) is 6.70. The van der Waals surface area contributed by atoms with E-state index in [0.29, 0.717) is 24.8 Å². The van der Waals surface area contributed by atoms with Crippen molar-refractivity contribution in [2.45, 2.75) is 19.4 Å². The summed E-state index contributed by atoms with van der Waals surface area (Å²) in [6, 6.07) is 13.4. The van der Waals surface area contributed by atoms with Crippen LogP contribution in [0.2, 0.25) is 0 Å². The minimum absolute atomic E-state index is 0. The van der Waals surface area contributed by atoms with E-state index in [2.05, 4.69) is 15.6 Å². The van der Waals surface area contributed by atoms with Gasteiger partial charge in [-0.1, -0.05) is 12.1 Å². The molecule has 0 spiro atoms. The van der Waals surface area contributed by atoms with E-state index >= 15 is 0 Å². The second-order valence-electron chi connectivity index (χ2n) is 6.39. The van der Waals surface area contributed by atoms with Crippen molar-refractivity contribution in [2.75, 3.05) is 41.5 Å². The lowest BCUT2D eigenvalue weighted by atomic mass is 10.1. The number of ether oxygens (including phenoxy) is 4. The Balaban J connectivity index is 0.00000450. The second-order valence-corrected chi connectivity index (χ2v) is 6.39. The fraction of sp³-hybridized carbons (Fsp3) is 0.409. The van der Waals surface area contributed by atoms with Crippen molar-refractivity contribution < 1.29 is 18.9 Å². The van der Waals surface area contributed by atoms with Crippen LogP contribution in [0.5, 0.6) is 23.0 Å². The summed E-state index contributed by atoms with van der Waals surface area (Å²) >= 11 is 0. The number of aliphatic imine (C=N–C) groups is 1. The minimum atomic E-state index is -0.0664. The molecule has 2 N–H and O–H groups in total. The maximum Gasteiger partial charge on any atom is 0.191 e. The Labute approximate surface area is 196 Å². The normalized spacial score (nSPS) is 11.7. The summed E-state index contributed by atoms with van der Waals surface area (Å²) < 4.78 is 22.0. The SMILES string of the molecule is CN=C(NCCc1cc(OC)ccc1OC)NCC(C)Oc1ccccc1OC.I. The van der Waals surface area contributed by atoms with Crippen molar-refractivity contribution in [3.05, 3.63) is 48.0 Å². The zero-order valence-corrected chi connectivity index (χ0v) is 20.6. The number of hydrogen-bond acceptors (Lipinski definition) is 5. The average Bonchev–Trinajstić information content (AvgIpc) is 2.76. The minimum Gasteiger partial charge on any atom is -0.497 e. The maximum atomic E-state index is 5.96. The van der Waals surface area contributed by atoms with Gasteiger partial charge in [-0.15, -0.1) is 24.0 Å². The largest absolute Gasteiger partial charge is 0.497 e. The van der Waals surface area contributed by atoms with E-state index < -0.39 is 0 Å². The summed E-state index contributed by atoms with van der Waals surface area (Å²) in [5.41, 5.74) is 1.07. The molecule has 1 unspecified atom stereocenters. The van der Waals surface area contributed by atoms with Crippen molar-refractivity contribution in [3.8, 4) is 23.0 Å². The van der Waals surface area contributed by atoms with E-state index in [1.165, 1.54) is 0 Å². The van der Waals surface area contributed by atoms with Crippen LogP contribution in [-0.2, 0) is 6.42 Å². The highest BCUT2D eigenvalue weighted by Crippen LogP contribution is 2.26. The molecule has 0 aliphatic carbocycles.